The minimum atomic E-state index is 0.640. The molecule has 2 rings (SSSR count). The summed E-state index contributed by atoms with van der Waals surface area (Å²) in [5, 5.41) is 0.640. The van der Waals surface area contributed by atoms with E-state index in [-0.39, 0.29) is 0 Å². The molecule has 0 amide bonds. The standard InChI is InChI=1S/C20H30S/c1-14(2)19-10-9-15(3)7-6-8-16(4)11-18-12-17(5)13-20(19)21-18/h7,11-14,19-20H,6,8-10H2,1-5H3/b15-7+,16-11+/t19-,20-/m0/s1. The van der Waals surface area contributed by atoms with Crippen molar-refractivity contribution in [3.63, 3.8) is 0 Å². The third-order valence-electron chi connectivity index (χ3n) is 4.64. The van der Waals surface area contributed by atoms with Crippen molar-refractivity contribution >= 4 is 11.8 Å². The Bertz CT molecular complexity index is 488. The average Bonchev–Trinajstić information content (AvgIpc) is 2.36. The Labute approximate surface area is 135 Å². The van der Waals surface area contributed by atoms with Crippen molar-refractivity contribution < 1.29 is 0 Å². The monoisotopic (exact) mass is 302 g/mol. The lowest BCUT2D eigenvalue weighted by Crippen LogP contribution is -2.23. The summed E-state index contributed by atoms with van der Waals surface area (Å²) in [7, 11) is 0. The fourth-order valence-electron chi connectivity index (χ4n) is 3.28. The maximum Gasteiger partial charge on any atom is 0.0310 e. The normalized spacial score (nSPS) is 32.9. The summed E-state index contributed by atoms with van der Waals surface area (Å²) >= 11 is 2.08. The molecule has 21 heavy (non-hydrogen) atoms. The Kier molecular flexibility index (Phi) is 5.98. The maximum atomic E-state index is 2.49. The van der Waals surface area contributed by atoms with E-state index in [1.807, 2.05) is 0 Å². The van der Waals surface area contributed by atoms with Crippen LogP contribution in [0.15, 0.2) is 45.9 Å². The SMILES string of the molecule is CC1=C[C@@H]2SC(=C1)/C=C(\C)CC/C=C(\C)CC[C@H]2C(C)C. The molecular formula is C20H30S. The molecule has 0 unspecified atom stereocenters. The Morgan fingerprint density at radius 2 is 1.81 bits per heavy atom. The molecule has 116 valence electrons. The van der Waals surface area contributed by atoms with Gasteiger partial charge in [0.25, 0.3) is 0 Å². The minimum Gasteiger partial charge on any atom is -0.118 e. The average molecular weight is 303 g/mol. The lowest BCUT2D eigenvalue weighted by Gasteiger charge is -2.31. The van der Waals surface area contributed by atoms with E-state index in [2.05, 4.69) is 70.7 Å². The highest BCUT2D eigenvalue weighted by molar-refractivity contribution is 8.04. The van der Waals surface area contributed by atoms with Crippen LogP contribution in [0.4, 0.5) is 0 Å². The Hall–Kier alpha value is -0.690. The molecular weight excluding hydrogens is 272 g/mol. The zero-order valence-corrected chi connectivity index (χ0v) is 15.1. The van der Waals surface area contributed by atoms with Gasteiger partial charge in [-0.05, 0) is 70.4 Å². The number of thioether (sulfide) groups is 1. The number of hydrogen-bond acceptors (Lipinski definition) is 1. The van der Waals surface area contributed by atoms with Gasteiger partial charge in [0.05, 0.1) is 0 Å². The molecule has 0 saturated carbocycles. The van der Waals surface area contributed by atoms with Crippen LogP contribution < -0.4 is 0 Å². The van der Waals surface area contributed by atoms with Crippen LogP contribution in [0, 0.1) is 11.8 Å². The molecule has 0 aromatic rings. The molecule has 0 aliphatic carbocycles. The van der Waals surface area contributed by atoms with Crippen LogP contribution in [-0.4, -0.2) is 5.25 Å². The van der Waals surface area contributed by atoms with E-state index in [1.165, 1.54) is 41.7 Å². The van der Waals surface area contributed by atoms with E-state index in [9.17, 15) is 0 Å². The number of hydrogen-bond donors (Lipinski definition) is 0. The number of rotatable bonds is 1. The van der Waals surface area contributed by atoms with Crippen LogP contribution in [0.25, 0.3) is 0 Å². The van der Waals surface area contributed by atoms with Crippen LogP contribution in [0.1, 0.15) is 60.3 Å². The first-order chi connectivity index (χ1) is 9.95. The fourth-order valence-corrected chi connectivity index (χ4v) is 5.02. The molecule has 2 atom stereocenters. The summed E-state index contributed by atoms with van der Waals surface area (Å²) in [6.45, 7) is 11.6. The predicted octanol–water partition coefficient (Wildman–Crippen LogP) is 6.67. The molecule has 0 fully saturated rings. The lowest BCUT2D eigenvalue weighted by molar-refractivity contribution is 0.370. The highest BCUT2D eigenvalue weighted by Gasteiger charge is 2.26. The van der Waals surface area contributed by atoms with Crippen LogP contribution >= 0.6 is 11.8 Å². The van der Waals surface area contributed by atoms with Crippen molar-refractivity contribution in [2.75, 3.05) is 0 Å². The van der Waals surface area contributed by atoms with Gasteiger partial charge in [-0.25, -0.2) is 0 Å². The summed E-state index contributed by atoms with van der Waals surface area (Å²) in [6.07, 6.45) is 14.7. The second-order valence-corrected chi connectivity index (χ2v) is 8.32. The van der Waals surface area contributed by atoms with Gasteiger partial charge in [0.1, 0.15) is 0 Å². The lowest BCUT2D eigenvalue weighted by atomic mass is 9.85. The van der Waals surface area contributed by atoms with Crippen molar-refractivity contribution in [2.45, 2.75) is 65.6 Å². The van der Waals surface area contributed by atoms with E-state index in [1.54, 1.807) is 5.57 Å². The third-order valence-corrected chi connectivity index (χ3v) is 5.91. The first kappa shape index (κ1) is 16.7. The van der Waals surface area contributed by atoms with Crippen LogP contribution in [-0.2, 0) is 0 Å². The molecule has 2 bridgehead atoms. The third kappa shape index (κ3) is 4.92. The van der Waals surface area contributed by atoms with E-state index >= 15 is 0 Å². The zero-order valence-electron chi connectivity index (χ0n) is 14.3. The molecule has 2 aliphatic rings. The van der Waals surface area contributed by atoms with Gasteiger partial charge in [-0.15, -0.1) is 11.8 Å². The van der Waals surface area contributed by atoms with E-state index < -0.39 is 0 Å². The minimum absolute atomic E-state index is 0.640. The second kappa shape index (κ2) is 7.54. The first-order valence-corrected chi connectivity index (χ1v) is 9.23. The molecule has 1 heteroatoms. The highest BCUT2D eigenvalue weighted by atomic mass is 32.2. The summed E-state index contributed by atoms with van der Waals surface area (Å²) in [6, 6.07) is 0. The highest BCUT2D eigenvalue weighted by Crippen LogP contribution is 2.40. The van der Waals surface area contributed by atoms with Gasteiger partial charge in [-0.1, -0.05) is 42.7 Å². The summed E-state index contributed by atoms with van der Waals surface area (Å²) in [5.74, 6) is 1.51. The molecule has 0 aromatic heterocycles. The largest absolute Gasteiger partial charge is 0.118 e. The van der Waals surface area contributed by atoms with Crippen LogP contribution in [0.2, 0.25) is 0 Å². The number of fused-ring (bicyclic) bond motifs is 2. The Morgan fingerprint density at radius 3 is 2.52 bits per heavy atom. The van der Waals surface area contributed by atoms with Crippen molar-refractivity contribution in [3.8, 4) is 0 Å². The molecule has 0 nitrogen and oxygen atoms in total. The topological polar surface area (TPSA) is 0 Å². The summed E-state index contributed by atoms with van der Waals surface area (Å²) in [5.41, 5.74) is 4.52. The van der Waals surface area contributed by atoms with Crippen LogP contribution in [0.3, 0.4) is 0 Å². The molecule has 0 N–H and O–H groups in total. The van der Waals surface area contributed by atoms with Crippen molar-refractivity contribution in [3.05, 3.63) is 45.9 Å². The van der Waals surface area contributed by atoms with Gasteiger partial charge in [0, 0.05) is 10.2 Å². The zero-order chi connectivity index (χ0) is 15.4. The smallest absolute Gasteiger partial charge is 0.0310 e. The van der Waals surface area contributed by atoms with Crippen LogP contribution in [0.5, 0.6) is 0 Å². The molecule has 2 heterocycles. The van der Waals surface area contributed by atoms with Crippen molar-refractivity contribution in [1.82, 2.24) is 0 Å². The van der Waals surface area contributed by atoms with E-state index in [0.29, 0.717) is 5.25 Å². The maximum absolute atomic E-state index is 2.49. The molecule has 0 aromatic carbocycles. The Balaban J connectivity index is 2.31. The van der Waals surface area contributed by atoms with E-state index in [4.69, 9.17) is 0 Å². The molecule has 0 spiro atoms. The number of allylic oxidation sites excluding steroid dienone is 6. The summed E-state index contributed by atoms with van der Waals surface area (Å²) < 4.78 is 0. The molecule has 0 radical (unpaired) electrons. The summed E-state index contributed by atoms with van der Waals surface area (Å²) in [4.78, 5) is 1.46. The van der Waals surface area contributed by atoms with E-state index in [0.717, 1.165) is 11.8 Å². The molecule has 0 saturated heterocycles. The van der Waals surface area contributed by atoms with Gasteiger partial charge in [-0.3, -0.25) is 0 Å². The van der Waals surface area contributed by atoms with Gasteiger partial charge in [-0.2, -0.15) is 0 Å². The fraction of sp³-hybridized carbons (Fsp3) is 0.600. The predicted molar refractivity (Wildman–Crippen MR) is 97.5 cm³/mol. The van der Waals surface area contributed by atoms with Gasteiger partial charge >= 0.3 is 0 Å². The van der Waals surface area contributed by atoms with Gasteiger partial charge < -0.3 is 0 Å². The quantitative estimate of drug-likeness (QED) is 0.487. The van der Waals surface area contributed by atoms with Crippen molar-refractivity contribution in [1.29, 1.82) is 0 Å². The van der Waals surface area contributed by atoms with Gasteiger partial charge in [0.15, 0.2) is 0 Å². The second-order valence-electron chi connectivity index (χ2n) is 7.07. The molecule has 2 aliphatic heterocycles. The van der Waals surface area contributed by atoms with Gasteiger partial charge in [0.2, 0.25) is 0 Å². The Morgan fingerprint density at radius 1 is 1.05 bits per heavy atom. The van der Waals surface area contributed by atoms with Crippen molar-refractivity contribution in [2.24, 2.45) is 11.8 Å². The first-order valence-electron chi connectivity index (χ1n) is 8.35.